The standard InChI is InChI=1S/C24H14F2N2O4/c25-14-8-9-17(15(26)12-14)28-21(16-6-3-4-10-27-16)20(23(30)24(28)31)22(29)19-11-13-5-1-2-7-18(13)32-19/h1-12,21,30H. The van der Waals surface area contributed by atoms with Gasteiger partial charge in [0.1, 0.15) is 23.3 Å². The monoisotopic (exact) mass is 432 g/mol. The second kappa shape index (κ2) is 7.42. The smallest absolute Gasteiger partial charge is 0.294 e. The molecule has 1 unspecified atom stereocenters. The Hall–Kier alpha value is -4.33. The zero-order chi connectivity index (χ0) is 22.4. The minimum atomic E-state index is -1.25. The van der Waals surface area contributed by atoms with Crippen LogP contribution in [0.25, 0.3) is 11.0 Å². The van der Waals surface area contributed by atoms with Crippen LogP contribution < -0.4 is 4.90 Å². The highest BCUT2D eigenvalue weighted by molar-refractivity contribution is 6.20. The number of carbonyl (C=O) groups excluding carboxylic acids is 2. The van der Waals surface area contributed by atoms with Crippen LogP contribution in [0.1, 0.15) is 22.3 Å². The molecule has 1 atom stereocenters. The molecule has 6 nitrogen and oxygen atoms in total. The van der Waals surface area contributed by atoms with Crippen molar-refractivity contribution in [2.75, 3.05) is 4.90 Å². The van der Waals surface area contributed by atoms with Gasteiger partial charge < -0.3 is 9.52 Å². The van der Waals surface area contributed by atoms with Gasteiger partial charge in [0, 0.05) is 17.6 Å². The minimum Gasteiger partial charge on any atom is -0.503 e. The number of aliphatic hydroxyl groups excluding tert-OH is 1. The normalized spacial score (nSPS) is 16.2. The molecule has 1 aliphatic heterocycles. The Balaban J connectivity index is 1.67. The molecule has 0 bridgehead atoms. The summed E-state index contributed by atoms with van der Waals surface area (Å²) >= 11 is 0. The molecule has 8 heteroatoms. The van der Waals surface area contributed by atoms with E-state index in [1.54, 1.807) is 36.4 Å². The molecular weight excluding hydrogens is 418 g/mol. The summed E-state index contributed by atoms with van der Waals surface area (Å²) in [6, 6.07) is 14.7. The van der Waals surface area contributed by atoms with Crippen molar-refractivity contribution in [1.82, 2.24) is 4.98 Å². The molecule has 2 aromatic carbocycles. The Bertz CT molecular complexity index is 1380. The lowest BCUT2D eigenvalue weighted by molar-refractivity contribution is -0.117. The first-order valence-corrected chi connectivity index (χ1v) is 9.61. The van der Waals surface area contributed by atoms with E-state index in [0.717, 1.165) is 17.0 Å². The Morgan fingerprint density at radius 3 is 2.53 bits per heavy atom. The zero-order valence-electron chi connectivity index (χ0n) is 16.3. The molecule has 0 spiro atoms. The Kier molecular flexibility index (Phi) is 4.55. The summed E-state index contributed by atoms with van der Waals surface area (Å²) < 4.78 is 33.7. The van der Waals surface area contributed by atoms with Crippen molar-refractivity contribution in [2.45, 2.75) is 6.04 Å². The molecule has 0 fully saturated rings. The zero-order valence-corrected chi connectivity index (χ0v) is 16.3. The number of carbonyl (C=O) groups is 2. The number of nitrogens with zero attached hydrogens (tertiary/aromatic N) is 2. The summed E-state index contributed by atoms with van der Waals surface area (Å²) in [6.45, 7) is 0. The first kappa shape index (κ1) is 19.6. The number of aromatic nitrogens is 1. The van der Waals surface area contributed by atoms with Gasteiger partial charge in [-0.2, -0.15) is 0 Å². The molecule has 2 aromatic heterocycles. The van der Waals surface area contributed by atoms with E-state index >= 15 is 0 Å². The highest BCUT2D eigenvalue weighted by Gasteiger charge is 2.46. The summed E-state index contributed by atoms with van der Waals surface area (Å²) in [5.41, 5.74) is 0.0617. The second-order valence-electron chi connectivity index (χ2n) is 7.17. The largest absolute Gasteiger partial charge is 0.503 e. The van der Waals surface area contributed by atoms with Gasteiger partial charge in [0.25, 0.3) is 5.91 Å². The number of aliphatic hydroxyl groups is 1. The summed E-state index contributed by atoms with van der Waals surface area (Å²) in [4.78, 5) is 31.5. The molecule has 3 heterocycles. The van der Waals surface area contributed by atoms with Crippen LogP contribution in [0.5, 0.6) is 0 Å². The maximum absolute atomic E-state index is 14.6. The topological polar surface area (TPSA) is 83.6 Å². The molecule has 0 saturated heterocycles. The molecule has 0 saturated carbocycles. The van der Waals surface area contributed by atoms with Crippen molar-refractivity contribution < 1.29 is 27.9 Å². The molecule has 4 aromatic rings. The van der Waals surface area contributed by atoms with E-state index in [4.69, 9.17) is 4.42 Å². The lowest BCUT2D eigenvalue weighted by Crippen LogP contribution is -2.32. The van der Waals surface area contributed by atoms with Gasteiger partial charge in [0.2, 0.25) is 5.78 Å². The van der Waals surface area contributed by atoms with Crippen molar-refractivity contribution in [3.63, 3.8) is 0 Å². The fourth-order valence-corrected chi connectivity index (χ4v) is 3.81. The van der Waals surface area contributed by atoms with E-state index in [2.05, 4.69) is 4.98 Å². The van der Waals surface area contributed by atoms with E-state index in [1.807, 2.05) is 0 Å². The van der Waals surface area contributed by atoms with Crippen LogP contribution in [0.2, 0.25) is 0 Å². The van der Waals surface area contributed by atoms with E-state index in [9.17, 15) is 23.5 Å². The number of pyridine rings is 1. The highest BCUT2D eigenvalue weighted by Crippen LogP contribution is 2.42. The van der Waals surface area contributed by atoms with Gasteiger partial charge in [0.15, 0.2) is 11.5 Å². The minimum absolute atomic E-state index is 0.0945. The SMILES string of the molecule is O=C(C1=C(O)C(=O)N(c2ccc(F)cc2F)C1c1ccccn1)c1cc2ccccc2o1. The third-order valence-electron chi connectivity index (χ3n) is 5.24. The summed E-state index contributed by atoms with van der Waals surface area (Å²) in [7, 11) is 0. The van der Waals surface area contributed by atoms with Gasteiger partial charge in [-0.1, -0.05) is 24.3 Å². The molecule has 1 amide bonds. The summed E-state index contributed by atoms with van der Waals surface area (Å²) in [5.74, 6) is -4.55. The maximum atomic E-state index is 14.6. The van der Waals surface area contributed by atoms with E-state index in [-0.39, 0.29) is 22.7 Å². The molecular formula is C24H14F2N2O4. The van der Waals surface area contributed by atoms with Crippen LogP contribution in [0.4, 0.5) is 14.5 Å². The number of anilines is 1. The second-order valence-corrected chi connectivity index (χ2v) is 7.17. The predicted molar refractivity (Wildman–Crippen MR) is 111 cm³/mol. The van der Waals surface area contributed by atoms with Crippen LogP contribution in [0.15, 0.2) is 88.7 Å². The quantitative estimate of drug-likeness (QED) is 0.465. The Labute approximate surface area is 180 Å². The van der Waals surface area contributed by atoms with Crippen molar-refractivity contribution in [3.8, 4) is 0 Å². The number of hydrogen-bond acceptors (Lipinski definition) is 5. The fraction of sp³-hybridized carbons (Fsp3) is 0.0417. The lowest BCUT2D eigenvalue weighted by Gasteiger charge is -2.26. The molecule has 158 valence electrons. The van der Waals surface area contributed by atoms with Crippen LogP contribution in [0.3, 0.4) is 0 Å². The molecule has 5 rings (SSSR count). The molecule has 32 heavy (non-hydrogen) atoms. The molecule has 0 radical (unpaired) electrons. The first-order valence-electron chi connectivity index (χ1n) is 9.61. The van der Waals surface area contributed by atoms with Gasteiger partial charge in [-0.15, -0.1) is 0 Å². The van der Waals surface area contributed by atoms with Crippen LogP contribution >= 0.6 is 0 Å². The van der Waals surface area contributed by atoms with Gasteiger partial charge >= 0.3 is 0 Å². The molecule has 1 N–H and O–H groups in total. The van der Waals surface area contributed by atoms with Crippen molar-refractivity contribution >= 4 is 28.3 Å². The average Bonchev–Trinajstić information content (AvgIpc) is 3.34. The number of halogens is 2. The Morgan fingerprint density at radius 2 is 1.81 bits per heavy atom. The Morgan fingerprint density at radius 1 is 1.03 bits per heavy atom. The number of Topliss-reactive ketones (excluding diaryl/α,β-unsaturated/α-hetero) is 1. The van der Waals surface area contributed by atoms with Crippen molar-refractivity contribution in [2.24, 2.45) is 0 Å². The van der Waals surface area contributed by atoms with Crippen molar-refractivity contribution in [1.29, 1.82) is 0 Å². The number of amides is 1. The number of furan rings is 1. The molecule has 1 aliphatic rings. The third-order valence-corrected chi connectivity index (χ3v) is 5.24. The third kappa shape index (κ3) is 3.04. The fourth-order valence-electron chi connectivity index (χ4n) is 3.81. The summed E-state index contributed by atoms with van der Waals surface area (Å²) in [6.07, 6.45) is 1.44. The molecule has 0 aliphatic carbocycles. The number of para-hydroxylation sites is 1. The number of fused-ring (bicyclic) bond motifs is 1. The van der Waals surface area contributed by atoms with E-state index in [0.29, 0.717) is 17.0 Å². The highest BCUT2D eigenvalue weighted by atomic mass is 19.1. The van der Waals surface area contributed by atoms with E-state index < -0.39 is 35.1 Å². The van der Waals surface area contributed by atoms with Gasteiger partial charge in [-0.25, -0.2) is 8.78 Å². The predicted octanol–water partition coefficient (Wildman–Crippen LogP) is 4.89. The maximum Gasteiger partial charge on any atom is 0.294 e. The number of benzene rings is 2. The summed E-state index contributed by atoms with van der Waals surface area (Å²) in [5, 5.41) is 11.3. The lowest BCUT2D eigenvalue weighted by atomic mass is 9.98. The van der Waals surface area contributed by atoms with Crippen molar-refractivity contribution in [3.05, 3.63) is 107 Å². The van der Waals surface area contributed by atoms with Gasteiger partial charge in [-0.3, -0.25) is 19.5 Å². The van der Waals surface area contributed by atoms with Crippen LogP contribution in [-0.2, 0) is 4.79 Å². The van der Waals surface area contributed by atoms with Crippen LogP contribution in [-0.4, -0.2) is 21.8 Å². The number of rotatable bonds is 4. The first-order chi connectivity index (χ1) is 15.5. The number of ketones is 1. The van der Waals surface area contributed by atoms with E-state index in [1.165, 1.54) is 18.3 Å². The number of hydrogen-bond donors (Lipinski definition) is 1. The average molecular weight is 432 g/mol. The van der Waals surface area contributed by atoms with Crippen LogP contribution in [0, 0.1) is 11.6 Å². The van der Waals surface area contributed by atoms with Gasteiger partial charge in [0.05, 0.1) is 17.0 Å². The van der Waals surface area contributed by atoms with Gasteiger partial charge in [-0.05, 0) is 36.4 Å².